The number of hydrogen-bond donors (Lipinski definition) is 1. The molecule has 0 bridgehead atoms. The number of hydrogen-bond acceptors (Lipinski definition) is 3. The number of amides is 4. The Morgan fingerprint density at radius 1 is 1.32 bits per heavy atom. The zero-order valence-electron chi connectivity index (χ0n) is 10.4. The van der Waals surface area contributed by atoms with Gasteiger partial charge in [0.1, 0.15) is 12.2 Å². The number of aryl methyl sites for hydroxylation is 1. The van der Waals surface area contributed by atoms with E-state index in [1.54, 1.807) is 13.0 Å². The first-order chi connectivity index (χ1) is 8.97. The van der Waals surface area contributed by atoms with Crippen molar-refractivity contribution in [1.29, 1.82) is 0 Å². The van der Waals surface area contributed by atoms with E-state index in [0.717, 1.165) is 16.0 Å². The number of imide groups is 2. The predicted octanol–water partition coefficient (Wildman–Crippen LogP) is 1.15. The molecule has 2 rings (SSSR count). The van der Waals surface area contributed by atoms with Crippen molar-refractivity contribution in [2.75, 3.05) is 6.54 Å². The van der Waals surface area contributed by atoms with Gasteiger partial charge in [0.2, 0.25) is 11.8 Å². The van der Waals surface area contributed by atoms with E-state index in [1.165, 1.54) is 12.1 Å². The average Bonchev–Trinajstić information content (AvgIpc) is 2.30. The van der Waals surface area contributed by atoms with Gasteiger partial charge in [0, 0.05) is 6.54 Å². The van der Waals surface area contributed by atoms with Crippen LogP contribution in [0.4, 0.5) is 9.18 Å². The molecule has 0 unspecified atom stereocenters. The van der Waals surface area contributed by atoms with Crippen LogP contribution < -0.4 is 5.32 Å². The number of carbonyl (C=O) groups excluding carboxylic acids is 3. The normalized spacial score (nSPS) is 15.7. The van der Waals surface area contributed by atoms with E-state index in [9.17, 15) is 18.8 Å². The van der Waals surface area contributed by atoms with Crippen molar-refractivity contribution < 1.29 is 18.8 Å². The van der Waals surface area contributed by atoms with Gasteiger partial charge in [-0.05, 0) is 36.6 Å². The second kappa shape index (κ2) is 5.17. The lowest BCUT2D eigenvalue weighted by atomic mass is 10.1. The van der Waals surface area contributed by atoms with Crippen molar-refractivity contribution in [2.45, 2.75) is 19.8 Å². The third-order valence-corrected chi connectivity index (χ3v) is 3.01. The highest BCUT2D eigenvalue weighted by atomic mass is 19.1. The standard InChI is InChI=1S/C13H13FN2O3/c1-8-6-10(14)3-2-9(8)4-5-16-12(18)7-11(17)15-13(16)19/h2-3,6H,4-5,7H2,1H3,(H,15,17,19). The van der Waals surface area contributed by atoms with Crippen molar-refractivity contribution >= 4 is 17.8 Å². The minimum atomic E-state index is -0.694. The van der Waals surface area contributed by atoms with E-state index in [-0.39, 0.29) is 18.8 Å². The summed E-state index contributed by atoms with van der Waals surface area (Å²) in [6.45, 7) is 1.93. The minimum Gasteiger partial charge on any atom is -0.277 e. The van der Waals surface area contributed by atoms with Gasteiger partial charge in [0.25, 0.3) is 0 Å². The zero-order valence-corrected chi connectivity index (χ0v) is 10.4. The molecule has 0 radical (unpaired) electrons. The number of rotatable bonds is 3. The second-order valence-electron chi connectivity index (χ2n) is 4.40. The van der Waals surface area contributed by atoms with E-state index in [1.807, 2.05) is 0 Å². The fourth-order valence-electron chi connectivity index (χ4n) is 1.98. The van der Waals surface area contributed by atoms with E-state index in [0.29, 0.717) is 6.42 Å². The maximum atomic E-state index is 12.9. The summed E-state index contributed by atoms with van der Waals surface area (Å²) >= 11 is 0. The summed E-state index contributed by atoms with van der Waals surface area (Å²) in [6.07, 6.45) is 0.119. The van der Waals surface area contributed by atoms with Crippen molar-refractivity contribution in [3.8, 4) is 0 Å². The summed E-state index contributed by atoms with van der Waals surface area (Å²) in [5, 5.41) is 2.09. The van der Waals surface area contributed by atoms with Gasteiger partial charge in [0.15, 0.2) is 0 Å². The summed E-state index contributed by atoms with van der Waals surface area (Å²) in [6, 6.07) is 3.67. The van der Waals surface area contributed by atoms with Gasteiger partial charge in [-0.3, -0.25) is 19.8 Å². The van der Waals surface area contributed by atoms with Gasteiger partial charge in [-0.25, -0.2) is 9.18 Å². The molecule has 100 valence electrons. The number of carbonyl (C=O) groups is 3. The monoisotopic (exact) mass is 264 g/mol. The third-order valence-electron chi connectivity index (χ3n) is 3.01. The van der Waals surface area contributed by atoms with Gasteiger partial charge in [-0.1, -0.05) is 6.07 Å². The first kappa shape index (κ1) is 13.2. The first-order valence-electron chi connectivity index (χ1n) is 5.86. The Labute approximate surface area is 109 Å². The summed E-state index contributed by atoms with van der Waals surface area (Å²) in [5.41, 5.74) is 1.62. The Morgan fingerprint density at radius 3 is 2.68 bits per heavy atom. The zero-order chi connectivity index (χ0) is 14.0. The molecule has 1 heterocycles. The van der Waals surface area contributed by atoms with Crippen molar-refractivity contribution in [3.63, 3.8) is 0 Å². The molecule has 0 aliphatic carbocycles. The maximum absolute atomic E-state index is 12.9. The van der Waals surface area contributed by atoms with Crippen LogP contribution >= 0.6 is 0 Å². The Balaban J connectivity index is 2.04. The van der Waals surface area contributed by atoms with E-state index in [2.05, 4.69) is 5.32 Å². The number of nitrogens with zero attached hydrogens (tertiary/aromatic N) is 1. The van der Waals surface area contributed by atoms with Gasteiger partial charge in [0.05, 0.1) is 0 Å². The van der Waals surface area contributed by atoms with Crippen LogP contribution in [0.5, 0.6) is 0 Å². The van der Waals surface area contributed by atoms with Crippen LogP contribution in [0.15, 0.2) is 18.2 Å². The van der Waals surface area contributed by atoms with Gasteiger partial charge < -0.3 is 0 Å². The summed E-state index contributed by atoms with van der Waals surface area (Å²) in [5.74, 6) is -1.41. The smallest absolute Gasteiger partial charge is 0.277 e. The Morgan fingerprint density at radius 2 is 2.05 bits per heavy atom. The van der Waals surface area contributed by atoms with E-state index in [4.69, 9.17) is 0 Å². The second-order valence-corrected chi connectivity index (χ2v) is 4.40. The maximum Gasteiger partial charge on any atom is 0.330 e. The molecule has 1 fully saturated rings. The Bertz CT molecular complexity index is 537. The molecule has 6 heteroatoms. The molecule has 5 nitrogen and oxygen atoms in total. The van der Waals surface area contributed by atoms with Gasteiger partial charge >= 0.3 is 6.03 Å². The molecule has 1 aromatic rings. The molecule has 1 aliphatic heterocycles. The van der Waals surface area contributed by atoms with E-state index < -0.39 is 17.8 Å². The molecule has 4 amide bonds. The van der Waals surface area contributed by atoms with Gasteiger partial charge in [-0.2, -0.15) is 0 Å². The lowest BCUT2D eigenvalue weighted by Gasteiger charge is -2.24. The number of urea groups is 1. The fraction of sp³-hybridized carbons (Fsp3) is 0.308. The number of halogens is 1. The van der Waals surface area contributed by atoms with Crippen LogP contribution in [0, 0.1) is 12.7 Å². The predicted molar refractivity (Wildman–Crippen MR) is 64.7 cm³/mol. The SMILES string of the molecule is Cc1cc(F)ccc1CCN1C(=O)CC(=O)NC1=O. The first-order valence-corrected chi connectivity index (χ1v) is 5.86. The third kappa shape index (κ3) is 2.96. The highest BCUT2D eigenvalue weighted by Crippen LogP contribution is 2.12. The molecule has 1 N–H and O–H groups in total. The Kier molecular flexibility index (Phi) is 3.59. The number of barbiturate groups is 1. The number of nitrogens with one attached hydrogen (secondary N) is 1. The lowest BCUT2D eigenvalue weighted by Crippen LogP contribution is -2.53. The lowest BCUT2D eigenvalue weighted by molar-refractivity contribution is -0.136. The van der Waals surface area contributed by atoms with Crippen LogP contribution in [0.25, 0.3) is 0 Å². The molecule has 0 aromatic heterocycles. The van der Waals surface area contributed by atoms with Crippen molar-refractivity contribution in [2.24, 2.45) is 0 Å². The molecular weight excluding hydrogens is 251 g/mol. The summed E-state index contributed by atoms with van der Waals surface area (Å²) in [4.78, 5) is 35.0. The van der Waals surface area contributed by atoms with Crippen LogP contribution in [-0.4, -0.2) is 29.3 Å². The highest BCUT2D eigenvalue weighted by molar-refractivity contribution is 6.14. The highest BCUT2D eigenvalue weighted by Gasteiger charge is 2.30. The molecule has 19 heavy (non-hydrogen) atoms. The van der Waals surface area contributed by atoms with Crippen molar-refractivity contribution in [3.05, 3.63) is 35.1 Å². The Hall–Kier alpha value is -2.24. The molecule has 0 spiro atoms. The number of benzene rings is 1. The van der Waals surface area contributed by atoms with Crippen molar-refractivity contribution in [1.82, 2.24) is 10.2 Å². The molecule has 1 aliphatic rings. The van der Waals surface area contributed by atoms with Crippen LogP contribution in [0.1, 0.15) is 17.5 Å². The van der Waals surface area contributed by atoms with Gasteiger partial charge in [-0.15, -0.1) is 0 Å². The molecule has 1 aromatic carbocycles. The molecule has 1 saturated heterocycles. The summed E-state index contributed by atoms with van der Waals surface area (Å²) in [7, 11) is 0. The van der Waals surface area contributed by atoms with Crippen LogP contribution in [0.3, 0.4) is 0 Å². The molecule has 0 atom stereocenters. The van der Waals surface area contributed by atoms with Crippen LogP contribution in [0.2, 0.25) is 0 Å². The quantitative estimate of drug-likeness (QED) is 0.833. The fourth-order valence-corrected chi connectivity index (χ4v) is 1.98. The molecule has 0 saturated carbocycles. The van der Waals surface area contributed by atoms with E-state index >= 15 is 0 Å². The minimum absolute atomic E-state index is 0.171. The largest absolute Gasteiger partial charge is 0.330 e. The topological polar surface area (TPSA) is 66.5 Å². The molecular formula is C13H13FN2O3. The van der Waals surface area contributed by atoms with Crippen LogP contribution in [-0.2, 0) is 16.0 Å². The summed E-state index contributed by atoms with van der Waals surface area (Å²) < 4.78 is 12.9. The average molecular weight is 264 g/mol.